The number of nitrogens with one attached hydrogen (secondary N) is 7. The lowest BCUT2D eigenvalue weighted by molar-refractivity contribution is -0.331. The molecule has 2 aliphatic rings. The number of aliphatic hydroxyl groups is 4. The molecule has 133 heavy (non-hydrogen) atoms. The number of carboxylic acids is 2. The highest BCUT2D eigenvalue weighted by Gasteiger charge is 2.55. The van der Waals surface area contributed by atoms with E-state index < -0.39 is 211 Å². The summed E-state index contributed by atoms with van der Waals surface area (Å²) in [6, 6.07) is -13.0. The minimum absolute atomic E-state index is 0.127. The van der Waals surface area contributed by atoms with Crippen LogP contribution in [0.1, 0.15) is 285 Å². The molecule has 19 unspecified atom stereocenters. The number of phosphoric ester groups is 2. The Hall–Kier alpha value is -8.26. The van der Waals surface area contributed by atoms with Crippen LogP contribution in [-0.2, 0) is 89.4 Å². The molecule has 2 heterocycles. The fourth-order valence-electron chi connectivity index (χ4n) is 14.2. The Morgan fingerprint density at radius 2 is 0.759 bits per heavy atom. The minimum Gasteiger partial charge on any atom is -0.480 e. The second-order valence-electron chi connectivity index (χ2n) is 35.4. The molecule has 0 saturated carbocycles. The molecule has 0 aliphatic carbocycles. The van der Waals surface area contributed by atoms with Gasteiger partial charge in [-0.1, -0.05) is 128 Å². The normalized spacial score (nSPS) is 22.4. The van der Waals surface area contributed by atoms with Gasteiger partial charge in [0.2, 0.25) is 47.3 Å². The van der Waals surface area contributed by atoms with Crippen LogP contribution < -0.4 is 48.7 Å². The van der Waals surface area contributed by atoms with Crippen molar-refractivity contribution in [2.45, 2.75) is 389 Å². The molecule has 0 aromatic rings. The number of hydrogen-bond acceptors (Lipinski definition) is 24. The third-order valence-electron chi connectivity index (χ3n) is 22.5. The first-order valence-corrected chi connectivity index (χ1v) is 49.0. The third-order valence-corrected chi connectivity index (χ3v) is 25.1. The molecule has 38 heteroatoms. The van der Waals surface area contributed by atoms with Gasteiger partial charge >= 0.3 is 27.6 Å². The number of rotatable bonds is 64. The second-order valence-corrected chi connectivity index (χ2v) is 38.3. The van der Waals surface area contributed by atoms with Crippen molar-refractivity contribution in [2.75, 3.05) is 19.8 Å². The van der Waals surface area contributed by atoms with E-state index in [0.29, 0.717) is 18.4 Å². The summed E-state index contributed by atoms with van der Waals surface area (Å²) >= 11 is 0. The van der Waals surface area contributed by atoms with Crippen LogP contribution in [0.5, 0.6) is 0 Å². The second kappa shape index (κ2) is 63.9. The van der Waals surface area contributed by atoms with E-state index in [1.54, 1.807) is 6.92 Å². The Kier molecular flexibility index (Phi) is 58.1. The maximum absolute atomic E-state index is 14.3. The van der Waals surface area contributed by atoms with E-state index in [4.69, 9.17) is 39.5 Å². The lowest BCUT2D eigenvalue weighted by atomic mass is 9.94. The van der Waals surface area contributed by atoms with Gasteiger partial charge in [0.25, 0.3) is 0 Å². The molecule has 0 aromatic carbocycles. The number of aliphatic carboxylic acids is 2. The van der Waals surface area contributed by atoms with Gasteiger partial charge in [0.05, 0.1) is 19.8 Å². The van der Waals surface area contributed by atoms with Gasteiger partial charge in [-0.05, 0) is 265 Å². The van der Waals surface area contributed by atoms with Gasteiger partial charge in [-0.2, -0.15) is 4.31 Å². The van der Waals surface area contributed by atoms with E-state index in [0.717, 1.165) is 156 Å². The van der Waals surface area contributed by atoms with Crippen molar-refractivity contribution in [1.29, 1.82) is 0 Å². The number of nitrogens with two attached hydrogens (primary N) is 2. The lowest BCUT2D eigenvalue weighted by Crippen LogP contribution is -2.70. The molecule has 8 amide bonds. The molecule has 0 aromatic heterocycles. The summed E-state index contributed by atoms with van der Waals surface area (Å²) < 4.78 is 66.5. The number of carbonyl (C=O) groups excluding carboxylic acids is 8. The van der Waals surface area contributed by atoms with E-state index in [9.17, 15) is 97.5 Å². The molecule has 2 fully saturated rings. The van der Waals surface area contributed by atoms with Crippen LogP contribution in [0.3, 0.4) is 0 Å². The summed E-state index contributed by atoms with van der Waals surface area (Å²) in [7, 11) is -11.6. The van der Waals surface area contributed by atoms with Crippen LogP contribution in [0, 0.1) is 0 Å². The Bertz CT molecular complexity index is 4220. The number of ether oxygens (including phenoxy) is 4. The van der Waals surface area contributed by atoms with Gasteiger partial charge in [0.1, 0.15) is 91.1 Å². The van der Waals surface area contributed by atoms with Crippen LogP contribution in [0.4, 0.5) is 0 Å². The van der Waals surface area contributed by atoms with E-state index in [1.165, 1.54) is 63.2 Å². The molecule has 2 rings (SSSR count). The smallest absolute Gasteiger partial charge is 0.480 e. The molecule has 0 bridgehead atoms. The molecule has 19 atom stereocenters. The molecular formula is C95H157N9O27P2. The fraction of sp³-hybridized carbons (Fsp3) is 0.663. The maximum atomic E-state index is 14.3. The highest BCUT2D eigenvalue weighted by Crippen LogP contribution is 2.61. The summed E-state index contributed by atoms with van der Waals surface area (Å²) in [5.41, 5.74) is 25.8. The summed E-state index contributed by atoms with van der Waals surface area (Å²) in [6.45, 7) is 29.6. The first-order valence-electron chi connectivity index (χ1n) is 46.0. The average molecular weight is 1920 g/mol. The topological polar surface area (TPSA) is 568 Å². The number of amides is 8. The highest BCUT2D eigenvalue weighted by atomic mass is 31.3. The average Bonchev–Trinajstić information content (AvgIpc) is 0.764. The van der Waals surface area contributed by atoms with Crippen molar-refractivity contribution in [3.8, 4) is 0 Å². The highest BCUT2D eigenvalue weighted by molar-refractivity contribution is 7.61. The van der Waals surface area contributed by atoms with Crippen LogP contribution in [0.15, 0.2) is 128 Å². The third kappa shape index (κ3) is 51.5. The van der Waals surface area contributed by atoms with Crippen molar-refractivity contribution in [3.05, 3.63) is 128 Å². The van der Waals surface area contributed by atoms with Crippen molar-refractivity contribution < 1.29 is 130 Å². The molecule has 754 valence electrons. The summed E-state index contributed by atoms with van der Waals surface area (Å²) in [6.07, 6.45) is 25.3. The number of primary amides is 1. The zero-order valence-electron chi connectivity index (χ0n) is 81.3. The van der Waals surface area contributed by atoms with E-state index in [1.807, 2.05) is 6.92 Å². The number of carboxylic acid groups (broad SMARTS) is 2. The van der Waals surface area contributed by atoms with Crippen molar-refractivity contribution >= 4 is 74.8 Å². The van der Waals surface area contributed by atoms with E-state index in [-0.39, 0.29) is 19.3 Å². The van der Waals surface area contributed by atoms with Gasteiger partial charge in [0.15, 0.2) is 12.6 Å². The number of phosphoric acid groups is 2. The Labute approximate surface area is 786 Å². The minimum atomic E-state index is -5.98. The molecule has 36 nitrogen and oxygen atoms in total. The molecule has 2 saturated heterocycles. The zero-order chi connectivity index (χ0) is 100. The summed E-state index contributed by atoms with van der Waals surface area (Å²) in [4.78, 5) is 152. The van der Waals surface area contributed by atoms with E-state index in [2.05, 4.69) is 172 Å². The SMILES string of the molecule is CC(=O)NC1C(OC2C(CO)OC(OP(=O)(O)OP(=O)(O)OCC=C(C)CCC=C(C)CCC=C(C)CCC=C(C)CCC=C(C)CCC=C(C)CCC=C(C)CCC=C(C)CCC=C(C)CCC=C(C)CCC=C(C)C)C(NC(C)=O)C2OC(C)C(=O)NC(C)C(=O)NC(CCC(N)=O)C(=O)NC(CCCC(N)C(=O)O)C(=O)NC(C)C(=O)NC(C)C(=O)O)OC(CO)C(O)C1O. The first-order chi connectivity index (χ1) is 62.4. The van der Waals surface area contributed by atoms with Gasteiger partial charge in [-0.15, -0.1) is 0 Å². The number of carbonyl (C=O) groups is 10. The van der Waals surface area contributed by atoms with Crippen molar-refractivity contribution in [2.24, 2.45) is 11.5 Å². The van der Waals surface area contributed by atoms with Gasteiger partial charge < -0.3 is 108 Å². The summed E-state index contributed by atoms with van der Waals surface area (Å²) in [5, 5.41) is 78.1. The fourth-order valence-corrected chi connectivity index (χ4v) is 16.3. The standard InChI is InChI=1S/C95H157N9O27P2/c1-58(2)30-19-31-59(3)32-20-33-60(4)34-21-35-61(5)36-22-37-62(6)38-23-39-63(7)40-24-41-64(8)42-25-43-65(9)44-26-45-66(10)46-27-47-67(11)48-28-49-68(12)54-55-125-132(121,122)131-133(123,124)130-95-82(102-74(18)108)86(85(79(57-106)128-95)129-94-81(101-73(17)107)84(111)83(110)78(56-105)127-94)126-72(16)89(114)98-70(14)88(113)103-77(52-53-80(97)109)91(116)104-76(51-29-50-75(96)93(119)120)90(115)99-69(13)87(112)100-71(15)92(117)118/h30,32,34,36,38,40,42,44,46,48,54,69-72,75-79,81-86,94-95,105-106,110-111H,19-29,31,33,35,37,39,41,43,45,47,49-53,55-57,96H2,1-18H3,(H2,97,109)(H,98,114)(H,99,115)(H,100,112)(H,101,107)(H,102,108)(H,103,113)(H,104,116)(H,117,118)(H,119,120)(H,121,122)(H,123,124). The number of aliphatic hydroxyl groups excluding tert-OH is 4. The molecular weight excluding hydrogens is 1760 g/mol. The van der Waals surface area contributed by atoms with Crippen molar-refractivity contribution in [1.82, 2.24) is 37.2 Å². The van der Waals surface area contributed by atoms with Crippen LogP contribution in [0.2, 0.25) is 0 Å². The zero-order valence-corrected chi connectivity index (χ0v) is 83.1. The Morgan fingerprint density at radius 3 is 1.14 bits per heavy atom. The van der Waals surface area contributed by atoms with Crippen molar-refractivity contribution in [3.63, 3.8) is 0 Å². The number of hydrogen-bond donors (Lipinski definition) is 17. The lowest BCUT2D eigenvalue weighted by Gasteiger charge is -2.49. The summed E-state index contributed by atoms with van der Waals surface area (Å²) in [5.74, 6) is -11.1. The molecule has 19 N–H and O–H groups in total. The predicted octanol–water partition coefficient (Wildman–Crippen LogP) is 11.2. The maximum Gasteiger partial charge on any atom is 0.483 e. The quantitative estimate of drug-likeness (QED) is 0.0199. The van der Waals surface area contributed by atoms with Crippen LogP contribution in [-0.4, -0.2) is 223 Å². The molecule has 2 aliphatic heterocycles. The monoisotopic (exact) mass is 1920 g/mol. The van der Waals surface area contributed by atoms with Gasteiger partial charge in [-0.3, -0.25) is 57.0 Å². The number of allylic oxidation sites excluding steroid dienone is 21. The van der Waals surface area contributed by atoms with Gasteiger partial charge in [-0.25, -0.2) is 9.13 Å². The molecule has 0 radical (unpaired) electrons. The van der Waals surface area contributed by atoms with Crippen LogP contribution in [0.25, 0.3) is 0 Å². The molecule has 0 spiro atoms. The first kappa shape index (κ1) is 121. The van der Waals surface area contributed by atoms with Gasteiger partial charge in [0, 0.05) is 20.3 Å². The largest absolute Gasteiger partial charge is 0.483 e. The Morgan fingerprint density at radius 1 is 0.406 bits per heavy atom. The van der Waals surface area contributed by atoms with E-state index >= 15 is 0 Å². The predicted molar refractivity (Wildman–Crippen MR) is 507 cm³/mol. The van der Waals surface area contributed by atoms with Crippen LogP contribution >= 0.6 is 15.6 Å². The Balaban J connectivity index is 2.15.